The van der Waals surface area contributed by atoms with Crippen LogP contribution in [0.15, 0.2) is 36.7 Å². The van der Waals surface area contributed by atoms with Crippen molar-refractivity contribution in [1.29, 1.82) is 0 Å². The van der Waals surface area contributed by atoms with E-state index in [2.05, 4.69) is 48.2 Å². The van der Waals surface area contributed by atoms with Crippen molar-refractivity contribution in [2.24, 2.45) is 0 Å². The lowest BCUT2D eigenvalue weighted by Crippen LogP contribution is -3.00. The molecule has 6 nitrogen and oxygen atoms in total. The number of nitrogens with one attached hydrogen (secondary N) is 2. The van der Waals surface area contributed by atoms with Crippen molar-refractivity contribution >= 4 is 34.2 Å². The number of carbonyl (C=O) groups is 1. The van der Waals surface area contributed by atoms with Gasteiger partial charge in [0.1, 0.15) is 0 Å². The SMILES string of the molecule is CCCC(=O)Nc1n[nH]c2cc(Cl)c(-c3ccncc3)cc12.CCCC[N+](CCCC)(CCCC)CCCC.[F-]. The third-order valence-corrected chi connectivity index (χ3v) is 7.63. The van der Waals surface area contributed by atoms with Gasteiger partial charge in [0, 0.05) is 29.8 Å². The van der Waals surface area contributed by atoms with Gasteiger partial charge in [-0.3, -0.25) is 14.9 Å². The molecule has 40 heavy (non-hydrogen) atoms. The molecule has 2 heterocycles. The Morgan fingerprint density at radius 3 is 1.85 bits per heavy atom. The van der Waals surface area contributed by atoms with Crippen LogP contribution in [0.5, 0.6) is 0 Å². The Morgan fingerprint density at radius 2 is 1.38 bits per heavy atom. The second kappa shape index (κ2) is 19.5. The lowest BCUT2D eigenvalue weighted by atomic mass is 10.0. The molecule has 0 aliphatic carbocycles. The number of amides is 1. The number of benzene rings is 1. The molecule has 0 saturated carbocycles. The number of unbranched alkanes of at least 4 members (excludes halogenated alkanes) is 4. The standard InChI is InChI=1S/C16H15ClN4O.C16H36N.FH/c1-2-3-15(22)19-16-12-8-11(10-4-6-18-7-5-10)13(17)9-14(12)20-21-16;1-5-9-13-17(14-10-6-2,15-11-7-3)16-12-8-4;/h4-9H,2-3H2,1H3,(H2,19,20,21,22);5-16H2,1-4H3;1H/q;+1;/p-1. The number of H-pyrrole nitrogens is 1. The van der Waals surface area contributed by atoms with Crippen LogP contribution < -0.4 is 10.0 Å². The second-order valence-corrected chi connectivity index (χ2v) is 11.0. The van der Waals surface area contributed by atoms with Gasteiger partial charge in [-0.25, -0.2) is 0 Å². The Hall–Kier alpha value is -2.51. The van der Waals surface area contributed by atoms with Gasteiger partial charge < -0.3 is 14.5 Å². The molecule has 0 bridgehead atoms. The normalized spacial score (nSPS) is 11.1. The fraction of sp³-hybridized carbons (Fsp3) is 0.594. The Labute approximate surface area is 246 Å². The Bertz CT molecular complexity index is 1070. The number of aromatic nitrogens is 3. The highest BCUT2D eigenvalue weighted by Crippen LogP contribution is 2.33. The molecular weight excluding hydrogens is 525 g/mol. The number of anilines is 1. The molecule has 3 aromatic rings. The highest BCUT2D eigenvalue weighted by atomic mass is 35.5. The van der Waals surface area contributed by atoms with E-state index in [4.69, 9.17) is 11.6 Å². The van der Waals surface area contributed by atoms with Crippen LogP contribution in [-0.4, -0.2) is 51.8 Å². The van der Waals surface area contributed by atoms with E-state index in [9.17, 15) is 4.79 Å². The van der Waals surface area contributed by atoms with Crippen LogP contribution in [0.3, 0.4) is 0 Å². The molecule has 1 aromatic carbocycles. The highest BCUT2D eigenvalue weighted by Gasteiger charge is 2.24. The number of aromatic amines is 1. The summed E-state index contributed by atoms with van der Waals surface area (Å²) in [5.74, 6) is 0.483. The summed E-state index contributed by atoms with van der Waals surface area (Å²) in [6, 6.07) is 7.53. The number of nitrogens with zero attached hydrogens (tertiary/aromatic N) is 3. The fourth-order valence-electron chi connectivity index (χ4n) is 4.95. The van der Waals surface area contributed by atoms with Crippen molar-refractivity contribution in [3.05, 3.63) is 41.7 Å². The summed E-state index contributed by atoms with van der Waals surface area (Å²) in [5.41, 5.74) is 2.63. The smallest absolute Gasteiger partial charge is 0.225 e. The van der Waals surface area contributed by atoms with Crippen LogP contribution in [0.2, 0.25) is 5.02 Å². The third kappa shape index (κ3) is 11.2. The van der Waals surface area contributed by atoms with Gasteiger partial charge in [-0.2, -0.15) is 5.10 Å². The topological polar surface area (TPSA) is 70.7 Å². The molecule has 0 aliphatic rings. The minimum atomic E-state index is -0.0451. The summed E-state index contributed by atoms with van der Waals surface area (Å²) in [4.78, 5) is 15.8. The van der Waals surface area contributed by atoms with Crippen molar-refractivity contribution in [2.45, 2.75) is 98.8 Å². The van der Waals surface area contributed by atoms with E-state index in [1.165, 1.54) is 82.0 Å². The molecule has 2 aromatic heterocycles. The second-order valence-electron chi connectivity index (χ2n) is 10.6. The van der Waals surface area contributed by atoms with Gasteiger partial charge in [0.25, 0.3) is 0 Å². The molecule has 0 unspecified atom stereocenters. The van der Waals surface area contributed by atoms with Crippen LogP contribution in [0.4, 0.5) is 5.82 Å². The third-order valence-electron chi connectivity index (χ3n) is 7.32. The minimum Gasteiger partial charge on any atom is -1.00 e. The van der Waals surface area contributed by atoms with E-state index in [-0.39, 0.29) is 10.6 Å². The van der Waals surface area contributed by atoms with Gasteiger partial charge in [-0.1, -0.05) is 71.9 Å². The van der Waals surface area contributed by atoms with E-state index in [1.54, 1.807) is 12.4 Å². The first-order chi connectivity index (χ1) is 18.9. The average molecular weight is 576 g/mol. The Morgan fingerprint density at radius 1 is 0.850 bits per heavy atom. The molecule has 0 spiro atoms. The highest BCUT2D eigenvalue weighted by molar-refractivity contribution is 6.34. The number of carbonyl (C=O) groups excluding carboxylic acids is 1. The summed E-state index contributed by atoms with van der Waals surface area (Å²) in [5, 5.41) is 11.3. The molecule has 0 radical (unpaired) electrons. The lowest BCUT2D eigenvalue weighted by Gasteiger charge is -2.39. The molecule has 3 rings (SSSR count). The maximum absolute atomic E-state index is 11.8. The van der Waals surface area contributed by atoms with Gasteiger partial charge in [0.2, 0.25) is 5.91 Å². The van der Waals surface area contributed by atoms with E-state index in [0.29, 0.717) is 17.3 Å². The Balaban J connectivity index is 0.000000406. The van der Waals surface area contributed by atoms with Crippen molar-refractivity contribution in [3.8, 4) is 11.1 Å². The molecule has 1 amide bonds. The van der Waals surface area contributed by atoms with Crippen molar-refractivity contribution in [2.75, 3.05) is 31.5 Å². The van der Waals surface area contributed by atoms with Crippen LogP contribution in [-0.2, 0) is 4.79 Å². The number of hydrogen-bond acceptors (Lipinski definition) is 3. The number of pyridine rings is 1. The lowest BCUT2D eigenvalue weighted by molar-refractivity contribution is -0.929. The van der Waals surface area contributed by atoms with Gasteiger partial charge in [-0.15, -0.1) is 0 Å². The zero-order chi connectivity index (χ0) is 28.5. The molecule has 0 aliphatic heterocycles. The van der Waals surface area contributed by atoms with Crippen molar-refractivity contribution in [1.82, 2.24) is 15.2 Å². The van der Waals surface area contributed by atoms with Crippen LogP contribution in [0.25, 0.3) is 22.0 Å². The van der Waals surface area contributed by atoms with Gasteiger partial charge >= 0.3 is 0 Å². The molecule has 224 valence electrons. The van der Waals surface area contributed by atoms with E-state index in [1.807, 2.05) is 31.2 Å². The van der Waals surface area contributed by atoms with Crippen LogP contribution >= 0.6 is 11.6 Å². The molecule has 0 atom stereocenters. The number of halogens is 2. The zero-order valence-corrected chi connectivity index (χ0v) is 26.1. The summed E-state index contributed by atoms with van der Waals surface area (Å²) < 4.78 is 1.42. The monoisotopic (exact) mass is 575 g/mol. The number of quaternary nitrogens is 1. The summed E-state index contributed by atoms with van der Waals surface area (Å²) in [7, 11) is 0. The predicted octanol–water partition coefficient (Wildman–Crippen LogP) is 6.02. The number of fused-ring (bicyclic) bond motifs is 1. The molecule has 0 saturated heterocycles. The van der Waals surface area contributed by atoms with E-state index in [0.717, 1.165) is 28.5 Å². The Kier molecular flexibility index (Phi) is 17.4. The quantitative estimate of drug-likeness (QED) is 0.205. The van der Waals surface area contributed by atoms with Gasteiger partial charge in [0.05, 0.1) is 36.7 Å². The predicted molar refractivity (Wildman–Crippen MR) is 167 cm³/mol. The molecule has 2 N–H and O–H groups in total. The fourth-order valence-corrected chi connectivity index (χ4v) is 5.23. The molecule has 8 heteroatoms. The number of rotatable bonds is 16. The molecular formula is C32H51ClFN5O. The van der Waals surface area contributed by atoms with Gasteiger partial charge in [0.15, 0.2) is 5.82 Å². The zero-order valence-electron chi connectivity index (χ0n) is 25.4. The van der Waals surface area contributed by atoms with E-state index < -0.39 is 0 Å². The summed E-state index contributed by atoms with van der Waals surface area (Å²) >= 11 is 6.35. The van der Waals surface area contributed by atoms with Crippen LogP contribution in [0.1, 0.15) is 98.8 Å². The van der Waals surface area contributed by atoms with Crippen molar-refractivity contribution < 1.29 is 14.0 Å². The van der Waals surface area contributed by atoms with Crippen molar-refractivity contribution in [3.63, 3.8) is 0 Å². The van der Waals surface area contributed by atoms with Crippen LogP contribution in [0, 0.1) is 0 Å². The first kappa shape index (κ1) is 35.5. The number of hydrogen-bond donors (Lipinski definition) is 2. The summed E-state index contributed by atoms with van der Waals surface area (Å²) in [6.07, 6.45) is 15.8. The maximum Gasteiger partial charge on any atom is 0.225 e. The maximum atomic E-state index is 11.8. The molecule has 0 fully saturated rings. The first-order valence-corrected chi connectivity index (χ1v) is 15.5. The average Bonchev–Trinajstić information content (AvgIpc) is 3.33. The first-order valence-electron chi connectivity index (χ1n) is 15.2. The van der Waals surface area contributed by atoms with E-state index >= 15 is 0 Å². The summed E-state index contributed by atoms with van der Waals surface area (Å²) in [6.45, 7) is 17.0. The van der Waals surface area contributed by atoms with Gasteiger partial charge in [-0.05, 0) is 61.9 Å². The largest absolute Gasteiger partial charge is 1.00 e. The minimum absolute atomic E-state index is 0.